The van der Waals surface area contributed by atoms with Crippen LogP contribution < -0.4 is 0 Å². The zero-order valence-electron chi connectivity index (χ0n) is 49.2. The maximum atomic E-state index is 15.1. The molecule has 23 heteroatoms. The molecule has 87 heavy (non-hydrogen) atoms. The van der Waals surface area contributed by atoms with E-state index in [4.69, 9.17) is 47.4 Å². The highest BCUT2D eigenvalue weighted by Crippen LogP contribution is 2.45. The van der Waals surface area contributed by atoms with E-state index in [1.807, 2.05) is 31.2 Å². The molecule has 3 heterocycles. The number of carbonyl (C=O) groups is 9. The SMILES string of the molecule is CC(=O)OCC1O[C@@](OC[C@@H](OC(C)=O)[C@@H](OC(C)=O)[C@H](OC(C)=O)[C@@H](OC(C)=O)C(=O)c2ccc(C)c(Cc3ccc(-c4ccc(F)cc4)s3)c2)(c2ccc(C)c(Cc3ccc(-c4ccc(F)cc4)s3)c2)C(OC(C)=O)C(OC(C)=O)C1OC(C)=O. The van der Waals surface area contributed by atoms with Crippen molar-refractivity contribution in [3.63, 3.8) is 0 Å². The van der Waals surface area contributed by atoms with Crippen molar-refractivity contribution in [1.29, 1.82) is 0 Å². The first-order valence-electron chi connectivity index (χ1n) is 27.3. The Morgan fingerprint density at radius 2 is 1.00 bits per heavy atom. The summed E-state index contributed by atoms with van der Waals surface area (Å²) in [5.74, 6) is -12.5. The summed E-state index contributed by atoms with van der Waals surface area (Å²) in [5, 5.41) is 0. The molecule has 0 amide bonds. The number of esters is 8. The van der Waals surface area contributed by atoms with E-state index in [0.29, 0.717) is 23.1 Å². The number of rotatable bonds is 24. The van der Waals surface area contributed by atoms with E-state index in [1.165, 1.54) is 59.1 Å². The summed E-state index contributed by atoms with van der Waals surface area (Å²) in [7, 11) is 0. The third-order valence-electron chi connectivity index (χ3n) is 13.7. The van der Waals surface area contributed by atoms with Crippen molar-refractivity contribution < 1.29 is 99.3 Å². The maximum absolute atomic E-state index is 15.1. The molecule has 0 spiro atoms. The molecule has 460 valence electrons. The summed E-state index contributed by atoms with van der Waals surface area (Å²) in [6.45, 7) is 9.84. The Labute approximate surface area is 508 Å². The van der Waals surface area contributed by atoms with Gasteiger partial charge in [0.25, 0.3) is 0 Å². The van der Waals surface area contributed by atoms with Gasteiger partial charge in [0.1, 0.15) is 24.3 Å². The van der Waals surface area contributed by atoms with Crippen molar-refractivity contribution in [1.82, 2.24) is 0 Å². The van der Waals surface area contributed by atoms with E-state index < -0.39 is 127 Å². The van der Waals surface area contributed by atoms with E-state index in [2.05, 4.69) is 0 Å². The van der Waals surface area contributed by atoms with Crippen LogP contribution in [0.2, 0.25) is 0 Å². The van der Waals surface area contributed by atoms with Crippen LogP contribution in [0.4, 0.5) is 8.78 Å². The Bertz CT molecular complexity index is 3520. The second-order valence-electron chi connectivity index (χ2n) is 20.5. The quantitative estimate of drug-likeness (QED) is 0.0311. The fourth-order valence-corrected chi connectivity index (χ4v) is 12.0. The number of hydrogen-bond acceptors (Lipinski definition) is 21. The standard InChI is InChI=1S/C64H64F2O19S2/c1-33-11-13-45(27-46(33)29-51-23-25-55(86-51)43-14-19-49(65)20-15-43)57(75)60(81-39(7)71)61(82-40(8)72)58(79-37(5)69)53(78-36(4)68)32-77-64(48-18-12-34(2)47(28-48)30-52-24-26-56(87-52)44-16-21-50(66)22-17-44)63(84-42(10)74)62(83-41(9)73)59(80-38(6)70)54(85-64)31-76-35(3)67/h11-28,53-54,58-63H,29-32H2,1-10H3/t53-,54?,58-,59?,60+,61+,62?,63?,64+/m1/s1. The molecule has 1 aliphatic heterocycles. The minimum Gasteiger partial charge on any atom is -0.463 e. The molecule has 9 atom stereocenters. The summed E-state index contributed by atoms with van der Waals surface area (Å²) in [5.41, 5.74) is 4.20. The Morgan fingerprint density at radius 3 is 1.49 bits per heavy atom. The van der Waals surface area contributed by atoms with Crippen LogP contribution in [0.15, 0.2) is 109 Å². The van der Waals surface area contributed by atoms with E-state index in [-0.39, 0.29) is 23.4 Å². The molecular weight excluding hydrogens is 1170 g/mol. The monoisotopic (exact) mass is 1240 g/mol. The van der Waals surface area contributed by atoms with Gasteiger partial charge in [0.15, 0.2) is 30.5 Å². The van der Waals surface area contributed by atoms with Gasteiger partial charge in [0, 0.05) is 98.9 Å². The van der Waals surface area contributed by atoms with Gasteiger partial charge in [-0.05, 0) is 108 Å². The Hall–Kier alpha value is -8.51. The highest BCUT2D eigenvalue weighted by molar-refractivity contribution is 7.15. The van der Waals surface area contributed by atoms with Gasteiger partial charge in [0.05, 0.1) is 6.61 Å². The molecule has 0 bridgehead atoms. The lowest BCUT2D eigenvalue weighted by atomic mass is 9.85. The normalized spacial score (nSPS) is 18.6. The number of Topliss-reactive ketones (excluding diaryl/α,β-unsaturated/α-hetero) is 1. The zero-order chi connectivity index (χ0) is 63.4. The number of benzene rings is 4. The zero-order valence-corrected chi connectivity index (χ0v) is 50.8. The Morgan fingerprint density at radius 1 is 0.517 bits per heavy atom. The average Bonchev–Trinajstić information content (AvgIpc) is 1.06. The van der Waals surface area contributed by atoms with E-state index in [0.717, 1.165) is 91.6 Å². The maximum Gasteiger partial charge on any atom is 0.303 e. The molecule has 6 aromatic rings. The molecule has 0 N–H and O–H groups in total. The van der Waals surface area contributed by atoms with Crippen LogP contribution in [0.1, 0.15) is 103 Å². The summed E-state index contributed by atoms with van der Waals surface area (Å²) in [4.78, 5) is 124. The fourth-order valence-electron chi connectivity index (χ4n) is 9.92. The second-order valence-corrected chi connectivity index (χ2v) is 22.8. The van der Waals surface area contributed by atoms with Crippen molar-refractivity contribution in [2.24, 2.45) is 0 Å². The number of ketones is 1. The molecule has 7 rings (SSSR count). The number of thiophene rings is 2. The lowest BCUT2D eigenvalue weighted by Crippen LogP contribution is -2.68. The third kappa shape index (κ3) is 17.4. The highest BCUT2D eigenvalue weighted by atomic mass is 32.1. The molecule has 4 aromatic carbocycles. The van der Waals surface area contributed by atoms with Crippen LogP contribution in [-0.4, -0.2) is 116 Å². The van der Waals surface area contributed by atoms with Crippen LogP contribution in [0.3, 0.4) is 0 Å². The predicted octanol–water partition coefficient (Wildman–Crippen LogP) is 9.76. The summed E-state index contributed by atoms with van der Waals surface area (Å²) >= 11 is 2.85. The smallest absolute Gasteiger partial charge is 0.303 e. The van der Waals surface area contributed by atoms with Crippen LogP contribution in [0.5, 0.6) is 0 Å². The predicted molar refractivity (Wildman–Crippen MR) is 310 cm³/mol. The van der Waals surface area contributed by atoms with Crippen molar-refractivity contribution in [3.05, 3.63) is 164 Å². The van der Waals surface area contributed by atoms with Gasteiger partial charge in [-0.1, -0.05) is 48.5 Å². The van der Waals surface area contributed by atoms with Crippen molar-refractivity contribution in [2.75, 3.05) is 13.2 Å². The van der Waals surface area contributed by atoms with Crippen LogP contribution in [0, 0.1) is 25.5 Å². The lowest BCUT2D eigenvalue weighted by Gasteiger charge is -2.51. The molecule has 1 saturated heterocycles. The average molecular weight is 1240 g/mol. The van der Waals surface area contributed by atoms with Gasteiger partial charge in [-0.2, -0.15) is 0 Å². The number of halogens is 2. The molecule has 0 aliphatic carbocycles. The molecule has 1 aliphatic rings. The number of aryl methyl sites for hydroxylation is 2. The number of hydrogen-bond donors (Lipinski definition) is 0. The van der Waals surface area contributed by atoms with Crippen LogP contribution in [-0.2, 0) is 104 Å². The van der Waals surface area contributed by atoms with Crippen LogP contribution in [0.25, 0.3) is 20.9 Å². The van der Waals surface area contributed by atoms with Gasteiger partial charge < -0.3 is 47.4 Å². The molecule has 19 nitrogen and oxygen atoms in total. The number of carbonyl (C=O) groups excluding carboxylic acids is 9. The van der Waals surface area contributed by atoms with Crippen molar-refractivity contribution in [2.45, 2.75) is 137 Å². The van der Waals surface area contributed by atoms with Gasteiger partial charge in [-0.25, -0.2) is 8.78 Å². The minimum atomic E-state index is -2.65. The van der Waals surface area contributed by atoms with Crippen LogP contribution >= 0.6 is 22.7 Å². The van der Waals surface area contributed by atoms with E-state index in [1.54, 1.807) is 55.5 Å². The largest absolute Gasteiger partial charge is 0.463 e. The Kier molecular flexibility index (Phi) is 22.2. The van der Waals surface area contributed by atoms with Gasteiger partial charge in [0.2, 0.25) is 23.8 Å². The first-order valence-corrected chi connectivity index (χ1v) is 28.9. The summed E-state index contributed by atoms with van der Waals surface area (Å²) in [6, 6.07) is 28.9. The first kappa shape index (κ1) is 66.0. The Balaban J connectivity index is 1.37. The van der Waals surface area contributed by atoms with E-state index in [9.17, 15) is 47.1 Å². The lowest BCUT2D eigenvalue weighted by molar-refractivity contribution is -0.379. The third-order valence-corrected chi connectivity index (χ3v) is 15.9. The van der Waals surface area contributed by atoms with Gasteiger partial charge >= 0.3 is 47.8 Å². The van der Waals surface area contributed by atoms with E-state index >= 15 is 4.79 Å². The molecule has 2 aromatic heterocycles. The first-order chi connectivity index (χ1) is 41.2. The molecule has 0 radical (unpaired) electrons. The molecule has 1 fully saturated rings. The minimum absolute atomic E-state index is 0.00423. The molecule has 4 unspecified atom stereocenters. The molecule has 0 saturated carbocycles. The van der Waals surface area contributed by atoms with Gasteiger partial charge in [-0.15, -0.1) is 22.7 Å². The summed E-state index contributed by atoms with van der Waals surface area (Å²) < 4.78 is 87.7. The highest BCUT2D eigenvalue weighted by Gasteiger charge is 2.63. The number of ether oxygens (including phenoxy) is 10. The fraction of sp³-hybridized carbons (Fsp3) is 0.359. The van der Waals surface area contributed by atoms with Gasteiger partial charge in [-0.3, -0.25) is 43.2 Å². The topological polar surface area (TPSA) is 246 Å². The molecular formula is C64H64F2O19S2. The van der Waals surface area contributed by atoms with Crippen molar-refractivity contribution in [3.8, 4) is 20.9 Å². The summed E-state index contributed by atoms with van der Waals surface area (Å²) in [6.07, 6.45) is -15.2. The van der Waals surface area contributed by atoms with Crippen molar-refractivity contribution >= 4 is 76.2 Å². The second kappa shape index (κ2) is 29.3.